The summed E-state index contributed by atoms with van der Waals surface area (Å²) in [7, 11) is -9.90. The summed E-state index contributed by atoms with van der Waals surface area (Å²) in [6.45, 7) is 9.48. The first-order chi connectivity index (χ1) is 43.9. The van der Waals surface area contributed by atoms with E-state index in [9.17, 15) is 43.2 Å². The highest BCUT2D eigenvalue weighted by Crippen LogP contribution is 2.45. The standard InChI is InChI=1S/C72H140O17P2/c1-7-9-11-13-15-17-18-19-20-21-22-23-24-25-26-32-38-44-50-56-71(76)88-67(60-83-70(75)55-49-43-37-31-28-27-30-34-40-46-52-64(3)4)62-86-90(78,79)84-58-66(73)59-85-91(80,81)87-63-68(61-82-69(74)54-48-42-36-29-16-14-12-10-8-2)89-72(77)57-51-45-39-33-35-41-47-53-65(5)6/h64-68,73H,7-63H2,1-6H3,(H,78,79)(H,80,81)/t66-,67-,68-/m1/s1. The number of aliphatic hydroxyl groups is 1. The monoisotopic (exact) mass is 1340 g/mol. The summed E-state index contributed by atoms with van der Waals surface area (Å²) < 4.78 is 68.3. The fraction of sp³-hybridized carbons (Fsp3) is 0.944. The van der Waals surface area contributed by atoms with Gasteiger partial charge in [0, 0.05) is 25.7 Å². The number of phosphoric acid groups is 2. The van der Waals surface area contributed by atoms with Crippen molar-refractivity contribution in [2.75, 3.05) is 39.6 Å². The first-order valence-electron chi connectivity index (χ1n) is 37.5. The fourth-order valence-electron chi connectivity index (χ4n) is 10.9. The molecular weight excluding hydrogens is 1200 g/mol. The summed E-state index contributed by atoms with van der Waals surface area (Å²) >= 11 is 0. The van der Waals surface area contributed by atoms with Gasteiger partial charge in [0.05, 0.1) is 26.4 Å². The SMILES string of the molecule is CCCCCCCCCCCCCCCCCCCCCC(=O)O[C@H](COC(=O)CCCCCCCCCCCCC(C)C)COP(=O)(O)OC[C@@H](O)COP(=O)(O)OC[C@@H](COC(=O)CCCCCCCCCCC)OC(=O)CCCCCCCCCC(C)C. The topological polar surface area (TPSA) is 237 Å². The van der Waals surface area contributed by atoms with Crippen molar-refractivity contribution in [3.63, 3.8) is 0 Å². The van der Waals surface area contributed by atoms with Crippen LogP contribution in [-0.2, 0) is 65.4 Å². The molecule has 0 aromatic rings. The number of carbonyl (C=O) groups is 4. The molecule has 0 fully saturated rings. The number of rotatable bonds is 71. The van der Waals surface area contributed by atoms with Crippen LogP contribution in [0.1, 0.15) is 369 Å². The highest BCUT2D eigenvalue weighted by molar-refractivity contribution is 7.47. The molecule has 19 heteroatoms. The lowest BCUT2D eigenvalue weighted by molar-refractivity contribution is -0.161. The molecule has 2 unspecified atom stereocenters. The van der Waals surface area contributed by atoms with Crippen molar-refractivity contribution in [2.24, 2.45) is 11.8 Å². The van der Waals surface area contributed by atoms with Crippen LogP contribution >= 0.6 is 15.6 Å². The van der Waals surface area contributed by atoms with E-state index in [1.165, 1.54) is 186 Å². The number of ether oxygens (including phenoxy) is 4. The van der Waals surface area contributed by atoms with Crippen molar-refractivity contribution in [2.45, 2.75) is 387 Å². The largest absolute Gasteiger partial charge is 0.472 e. The Balaban J connectivity index is 5.20. The number of hydrogen-bond donors (Lipinski definition) is 3. The number of carbonyl (C=O) groups excluding carboxylic acids is 4. The van der Waals surface area contributed by atoms with Gasteiger partial charge in [-0.3, -0.25) is 37.3 Å². The van der Waals surface area contributed by atoms with Gasteiger partial charge in [0.25, 0.3) is 0 Å². The van der Waals surface area contributed by atoms with Crippen LogP contribution in [0.15, 0.2) is 0 Å². The van der Waals surface area contributed by atoms with Gasteiger partial charge in [0.1, 0.15) is 19.3 Å². The zero-order chi connectivity index (χ0) is 67.2. The molecule has 3 N–H and O–H groups in total. The second-order valence-electron chi connectivity index (χ2n) is 26.9. The minimum atomic E-state index is -4.95. The summed E-state index contributed by atoms with van der Waals surface area (Å²) in [5.74, 6) is -0.671. The summed E-state index contributed by atoms with van der Waals surface area (Å²) in [5.41, 5.74) is 0. The predicted molar refractivity (Wildman–Crippen MR) is 368 cm³/mol. The average Bonchev–Trinajstić information content (AvgIpc) is 3.26. The van der Waals surface area contributed by atoms with E-state index in [-0.39, 0.29) is 25.7 Å². The molecule has 0 heterocycles. The van der Waals surface area contributed by atoms with Gasteiger partial charge in [0.2, 0.25) is 0 Å². The van der Waals surface area contributed by atoms with Crippen molar-refractivity contribution >= 4 is 39.5 Å². The van der Waals surface area contributed by atoms with Crippen LogP contribution < -0.4 is 0 Å². The quantitative estimate of drug-likeness (QED) is 0.0222. The van der Waals surface area contributed by atoms with Gasteiger partial charge in [0.15, 0.2) is 12.2 Å². The van der Waals surface area contributed by atoms with Crippen LogP contribution in [0.5, 0.6) is 0 Å². The Hall–Kier alpha value is -1.94. The molecule has 5 atom stereocenters. The van der Waals surface area contributed by atoms with Gasteiger partial charge in [-0.2, -0.15) is 0 Å². The van der Waals surface area contributed by atoms with Crippen molar-refractivity contribution in [3.05, 3.63) is 0 Å². The van der Waals surface area contributed by atoms with Gasteiger partial charge in [-0.05, 0) is 37.5 Å². The lowest BCUT2D eigenvalue weighted by Crippen LogP contribution is -2.30. The maximum atomic E-state index is 13.0. The minimum Gasteiger partial charge on any atom is -0.462 e. The van der Waals surface area contributed by atoms with E-state index in [2.05, 4.69) is 41.5 Å². The minimum absolute atomic E-state index is 0.103. The maximum Gasteiger partial charge on any atom is 0.472 e. The molecule has 0 aliphatic rings. The summed E-state index contributed by atoms with van der Waals surface area (Å²) in [6.07, 6.45) is 50.1. The number of hydrogen-bond acceptors (Lipinski definition) is 15. The molecule has 0 aliphatic carbocycles. The average molecular weight is 1340 g/mol. The molecule has 91 heavy (non-hydrogen) atoms. The summed E-state index contributed by atoms with van der Waals surface area (Å²) in [4.78, 5) is 72.5. The molecule has 0 aromatic heterocycles. The maximum absolute atomic E-state index is 13.0. The highest BCUT2D eigenvalue weighted by atomic mass is 31.2. The normalized spacial score (nSPS) is 14.1. The molecule has 0 radical (unpaired) electrons. The van der Waals surface area contributed by atoms with Crippen LogP contribution in [0.25, 0.3) is 0 Å². The third-order valence-corrected chi connectivity index (χ3v) is 18.6. The van der Waals surface area contributed by atoms with E-state index in [1.807, 2.05) is 0 Å². The molecule has 17 nitrogen and oxygen atoms in total. The summed E-state index contributed by atoms with van der Waals surface area (Å²) in [5, 5.41) is 10.6. The van der Waals surface area contributed by atoms with Crippen LogP contribution in [0, 0.1) is 11.8 Å². The van der Waals surface area contributed by atoms with Crippen molar-refractivity contribution in [1.29, 1.82) is 0 Å². The molecule has 0 saturated heterocycles. The number of esters is 4. The predicted octanol–water partition coefficient (Wildman–Crippen LogP) is 20.8. The van der Waals surface area contributed by atoms with Gasteiger partial charge in [-0.1, -0.05) is 318 Å². The Labute approximate surface area is 556 Å². The van der Waals surface area contributed by atoms with Crippen molar-refractivity contribution in [1.82, 2.24) is 0 Å². The number of phosphoric ester groups is 2. The van der Waals surface area contributed by atoms with E-state index in [0.29, 0.717) is 31.6 Å². The van der Waals surface area contributed by atoms with Crippen molar-refractivity contribution < 1.29 is 80.2 Å². The third-order valence-electron chi connectivity index (χ3n) is 16.7. The van der Waals surface area contributed by atoms with Crippen LogP contribution in [0.4, 0.5) is 0 Å². The van der Waals surface area contributed by atoms with Gasteiger partial charge >= 0.3 is 39.5 Å². The molecule has 0 bridgehead atoms. The first-order valence-corrected chi connectivity index (χ1v) is 40.5. The molecule has 0 aliphatic heterocycles. The summed E-state index contributed by atoms with van der Waals surface area (Å²) in [6, 6.07) is 0. The molecular formula is C72H140O17P2. The van der Waals surface area contributed by atoms with Crippen LogP contribution in [-0.4, -0.2) is 96.7 Å². The zero-order valence-corrected chi connectivity index (χ0v) is 60.9. The van der Waals surface area contributed by atoms with Crippen molar-refractivity contribution in [3.8, 4) is 0 Å². The zero-order valence-electron chi connectivity index (χ0n) is 59.1. The lowest BCUT2D eigenvalue weighted by atomic mass is 10.0. The molecule has 0 aromatic carbocycles. The molecule has 0 rings (SSSR count). The Bertz CT molecular complexity index is 1770. The third kappa shape index (κ3) is 66.5. The van der Waals surface area contributed by atoms with E-state index >= 15 is 0 Å². The van der Waals surface area contributed by atoms with Gasteiger partial charge in [-0.15, -0.1) is 0 Å². The number of aliphatic hydroxyl groups excluding tert-OH is 1. The van der Waals surface area contributed by atoms with E-state index in [0.717, 1.165) is 95.8 Å². The second kappa shape index (κ2) is 64.1. The van der Waals surface area contributed by atoms with E-state index in [1.54, 1.807) is 0 Å². The highest BCUT2D eigenvalue weighted by Gasteiger charge is 2.30. The Morgan fingerprint density at radius 1 is 0.297 bits per heavy atom. The van der Waals surface area contributed by atoms with E-state index < -0.39 is 97.5 Å². The molecule has 0 saturated carbocycles. The van der Waals surface area contributed by atoms with Crippen LogP contribution in [0.2, 0.25) is 0 Å². The lowest BCUT2D eigenvalue weighted by Gasteiger charge is -2.21. The van der Waals surface area contributed by atoms with Gasteiger partial charge < -0.3 is 33.8 Å². The second-order valence-corrected chi connectivity index (χ2v) is 29.8. The van der Waals surface area contributed by atoms with Crippen LogP contribution in [0.3, 0.4) is 0 Å². The van der Waals surface area contributed by atoms with E-state index in [4.69, 9.17) is 37.0 Å². The molecule has 0 amide bonds. The Morgan fingerprint density at radius 2 is 0.505 bits per heavy atom. The Morgan fingerprint density at radius 3 is 0.747 bits per heavy atom. The molecule has 0 spiro atoms. The fourth-order valence-corrected chi connectivity index (χ4v) is 12.5. The first kappa shape index (κ1) is 89.1. The Kier molecular flexibility index (Phi) is 62.7. The van der Waals surface area contributed by atoms with Gasteiger partial charge in [-0.25, -0.2) is 9.13 Å². The smallest absolute Gasteiger partial charge is 0.462 e. The molecule has 540 valence electrons. The number of unbranched alkanes of at least 4 members (excludes halogenated alkanes) is 41.